The summed E-state index contributed by atoms with van der Waals surface area (Å²) in [6, 6.07) is 7.52. The lowest BCUT2D eigenvalue weighted by atomic mass is 10.2. The number of hydrogen-bond donors (Lipinski definition) is 2. The number of aliphatic imine (C=N–C) groups is 1. The van der Waals surface area contributed by atoms with Crippen LogP contribution in [0, 0.1) is 6.92 Å². The summed E-state index contributed by atoms with van der Waals surface area (Å²) in [5.41, 5.74) is 7.20. The van der Waals surface area contributed by atoms with E-state index in [1.54, 1.807) is 0 Å². The van der Waals surface area contributed by atoms with Gasteiger partial charge >= 0.3 is 0 Å². The fourth-order valence-corrected chi connectivity index (χ4v) is 0.929. The van der Waals surface area contributed by atoms with Crippen LogP contribution in [-0.2, 0) is 4.79 Å². The molecule has 0 bridgehead atoms. The summed E-state index contributed by atoms with van der Waals surface area (Å²) >= 11 is 0. The van der Waals surface area contributed by atoms with E-state index in [0.29, 0.717) is 6.41 Å². The number of nitrogens with zero attached hydrogens (tertiary/aromatic N) is 1. The molecule has 1 aromatic rings. The van der Waals surface area contributed by atoms with Gasteiger partial charge in [0.15, 0.2) is 5.96 Å². The highest BCUT2D eigenvalue weighted by Crippen LogP contribution is 2.12. The first kappa shape index (κ1) is 9.25. The number of carbonyl (C=O) groups excluding carboxylic acids is 1. The Balaban J connectivity index is 2.84. The van der Waals surface area contributed by atoms with Gasteiger partial charge in [0.25, 0.3) is 0 Å². The molecule has 0 aliphatic carbocycles. The zero-order valence-corrected chi connectivity index (χ0v) is 7.32. The van der Waals surface area contributed by atoms with Crippen molar-refractivity contribution in [2.45, 2.75) is 6.92 Å². The van der Waals surface area contributed by atoms with E-state index >= 15 is 0 Å². The van der Waals surface area contributed by atoms with Crippen molar-refractivity contribution < 1.29 is 4.79 Å². The summed E-state index contributed by atoms with van der Waals surface area (Å²) in [5.74, 6) is 0.0978. The molecule has 3 N–H and O–H groups in total. The molecule has 0 saturated carbocycles. The Bertz CT molecular complexity index is 333. The van der Waals surface area contributed by atoms with Crippen LogP contribution >= 0.6 is 0 Å². The maximum atomic E-state index is 10.0. The lowest BCUT2D eigenvalue weighted by Gasteiger charge is -1.98. The zero-order chi connectivity index (χ0) is 9.68. The summed E-state index contributed by atoms with van der Waals surface area (Å²) in [4.78, 5) is 14.0. The summed E-state index contributed by atoms with van der Waals surface area (Å²) in [5, 5.41) is 2.26. The van der Waals surface area contributed by atoms with Gasteiger partial charge in [-0.15, -0.1) is 0 Å². The van der Waals surface area contributed by atoms with Crippen LogP contribution in [0.5, 0.6) is 0 Å². The molecule has 0 atom stereocenters. The van der Waals surface area contributed by atoms with E-state index in [1.807, 2.05) is 31.2 Å². The van der Waals surface area contributed by atoms with E-state index in [0.717, 1.165) is 11.3 Å². The van der Waals surface area contributed by atoms with Gasteiger partial charge in [-0.25, -0.2) is 4.99 Å². The number of amides is 1. The van der Waals surface area contributed by atoms with Gasteiger partial charge in [-0.3, -0.25) is 10.1 Å². The van der Waals surface area contributed by atoms with Crippen LogP contribution in [0.15, 0.2) is 29.3 Å². The Kier molecular flexibility index (Phi) is 3.03. The van der Waals surface area contributed by atoms with Crippen LogP contribution in [-0.4, -0.2) is 12.4 Å². The van der Waals surface area contributed by atoms with Crippen molar-refractivity contribution >= 4 is 18.1 Å². The molecule has 1 aromatic carbocycles. The second-order valence-electron chi connectivity index (χ2n) is 2.60. The van der Waals surface area contributed by atoms with Gasteiger partial charge in [0, 0.05) is 0 Å². The van der Waals surface area contributed by atoms with Crippen molar-refractivity contribution in [2.24, 2.45) is 10.7 Å². The third kappa shape index (κ3) is 2.94. The normalized spacial score (nSPS) is 11.0. The fraction of sp³-hybridized carbons (Fsp3) is 0.111. The molecule has 1 amide bonds. The van der Waals surface area contributed by atoms with Gasteiger partial charge in [0.2, 0.25) is 6.41 Å². The van der Waals surface area contributed by atoms with Crippen LogP contribution < -0.4 is 11.1 Å². The molecular weight excluding hydrogens is 166 g/mol. The first-order valence-corrected chi connectivity index (χ1v) is 3.83. The molecule has 0 aliphatic heterocycles. The van der Waals surface area contributed by atoms with Crippen molar-refractivity contribution in [3.63, 3.8) is 0 Å². The predicted molar refractivity (Wildman–Crippen MR) is 51.7 cm³/mol. The van der Waals surface area contributed by atoms with Gasteiger partial charge < -0.3 is 5.73 Å². The molecule has 0 spiro atoms. The van der Waals surface area contributed by atoms with Gasteiger partial charge in [0.05, 0.1) is 5.69 Å². The van der Waals surface area contributed by atoms with Gasteiger partial charge in [-0.1, -0.05) is 12.1 Å². The average molecular weight is 177 g/mol. The Hall–Kier alpha value is -1.84. The van der Waals surface area contributed by atoms with E-state index in [-0.39, 0.29) is 5.96 Å². The minimum absolute atomic E-state index is 0.0978. The third-order valence-corrected chi connectivity index (χ3v) is 1.46. The summed E-state index contributed by atoms with van der Waals surface area (Å²) < 4.78 is 0. The molecule has 1 rings (SSSR count). The van der Waals surface area contributed by atoms with Crippen LogP contribution in [0.2, 0.25) is 0 Å². The highest BCUT2D eigenvalue weighted by atomic mass is 16.1. The van der Waals surface area contributed by atoms with Gasteiger partial charge in [0.1, 0.15) is 0 Å². The Morgan fingerprint density at radius 3 is 3.00 bits per heavy atom. The maximum Gasteiger partial charge on any atom is 0.213 e. The molecule has 0 fully saturated rings. The number of guanidine groups is 1. The van der Waals surface area contributed by atoms with Crippen LogP contribution in [0.3, 0.4) is 0 Å². The van der Waals surface area contributed by atoms with Crippen molar-refractivity contribution in [1.82, 2.24) is 5.32 Å². The minimum Gasteiger partial charge on any atom is -0.369 e. The number of benzene rings is 1. The van der Waals surface area contributed by atoms with Crippen LogP contribution in [0.25, 0.3) is 0 Å². The van der Waals surface area contributed by atoms with Crippen LogP contribution in [0.1, 0.15) is 5.56 Å². The van der Waals surface area contributed by atoms with E-state index in [2.05, 4.69) is 10.3 Å². The molecular formula is C9H11N3O. The van der Waals surface area contributed by atoms with Crippen molar-refractivity contribution in [3.8, 4) is 0 Å². The standard InChI is InChI=1S/C9H11N3O/c1-7-3-2-4-8(5-7)12-9(10)11-6-13/h2-6H,1H3,(H3,10,11,12,13). The summed E-state index contributed by atoms with van der Waals surface area (Å²) in [6.07, 6.45) is 0.495. The molecule has 0 heterocycles. The second kappa shape index (κ2) is 4.25. The fourth-order valence-electron chi connectivity index (χ4n) is 0.929. The smallest absolute Gasteiger partial charge is 0.213 e. The SMILES string of the molecule is Cc1cccc(N=C(N)NC=O)c1. The average Bonchev–Trinajstić information content (AvgIpc) is 2.04. The highest BCUT2D eigenvalue weighted by molar-refractivity contribution is 5.89. The number of hydrogen-bond acceptors (Lipinski definition) is 2. The van der Waals surface area contributed by atoms with E-state index in [9.17, 15) is 4.79 Å². The number of nitrogens with one attached hydrogen (secondary N) is 1. The van der Waals surface area contributed by atoms with Crippen molar-refractivity contribution in [3.05, 3.63) is 29.8 Å². The molecule has 4 nitrogen and oxygen atoms in total. The number of aryl methyl sites for hydroxylation is 1. The first-order valence-electron chi connectivity index (χ1n) is 3.83. The molecule has 0 aliphatic rings. The van der Waals surface area contributed by atoms with Crippen molar-refractivity contribution in [1.29, 1.82) is 0 Å². The summed E-state index contributed by atoms with van der Waals surface area (Å²) in [6.45, 7) is 1.96. The highest BCUT2D eigenvalue weighted by Gasteiger charge is 1.91. The zero-order valence-electron chi connectivity index (χ0n) is 7.32. The van der Waals surface area contributed by atoms with Gasteiger partial charge in [-0.2, -0.15) is 0 Å². The third-order valence-electron chi connectivity index (χ3n) is 1.46. The largest absolute Gasteiger partial charge is 0.369 e. The molecule has 0 aromatic heterocycles. The molecule has 0 saturated heterocycles. The number of nitrogens with two attached hydrogens (primary N) is 1. The molecule has 0 unspecified atom stereocenters. The molecule has 0 radical (unpaired) electrons. The Labute approximate surface area is 76.5 Å². The number of rotatable bonds is 2. The predicted octanol–water partition coefficient (Wildman–Crippen LogP) is 0.687. The van der Waals surface area contributed by atoms with Crippen LogP contribution in [0.4, 0.5) is 5.69 Å². The van der Waals surface area contributed by atoms with Gasteiger partial charge in [-0.05, 0) is 24.6 Å². The van der Waals surface area contributed by atoms with Crippen molar-refractivity contribution in [2.75, 3.05) is 0 Å². The monoisotopic (exact) mass is 177 g/mol. The van der Waals surface area contributed by atoms with E-state index in [1.165, 1.54) is 0 Å². The topological polar surface area (TPSA) is 67.5 Å². The van der Waals surface area contributed by atoms with E-state index < -0.39 is 0 Å². The number of carbonyl (C=O) groups is 1. The lowest BCUT2D eigenvalue weighted by molar-refractivity contribution is -0.108. The molecule has 4 heteroatoms. The molecule has 68 valence electrons. The Morgan fingerprint density at radius 2 is 2.38 bits per heavy atom. The minimum atomic E-state index is 0.0978. The van der Waals surface area contributed by atoms with E-state index in [4.69, 9.17) is 5.73 Å². The second-order valence-corrected chi connectivity index (χ2v) is 2.60. The lowest BCUT2D eigenvalue weighted by Crippen LogP contribution is -2.29. The Morgan fingerprint density at radius 1 is 1.62 bits per heavy atom. The first-order chi connectivity index (χ1) is 6.22. The maximum absolute atomic E-state index is 10.0. The summed E-state index contributed by atoms with van der Waals surface area (Å²) in [7, 11) is 0. The quantitative estimate of drug-likeness (QED) is 0.396. The molecule has 13 heavy (non-hydrogen) atoms.